The largest absolute Gasteiger partial charge is 0.467 e. The van der Waals surface area contributed by atoms with E-state index in [2.05, 4.69) is 45.8 Å². The van der Waals surface area contributed by atoms with Gasteiger partial charge in [-0.1, -0.05) is 39.5 Å². The van der Waals surface area contributed by atoms with E-state index in [1.807, 2.05) is 0 Å². The third-order valence-corrected chi connectivity index (χ3v) is 11.6. The van der Waals surface area contributed by atoms with E-state index in [0.717, 1.165) is 27.9 Å². The van der Waals surface area contributed by atoms with Gasteiger partial charge < -0.3 is 37.6 Å². The lowest BCUT2D eigenvalue weighted by Gasteiger charge is -2.43. The maximum atomic E-state index is 12.8. The molecule has 1 aliphatic rings. The van der Waals surface area contributed by atoms with Gasteiger partial charge in [-0.3, -0.25) is 19.7 Å². The van der Waals surface area contributed by atoms with Gasteiger partial charge in [0.25, 0.3) is 0 Å². The van der Waals surface area contributed by atoms with E-state index in [-0.39, 0.29) is 29.7 Å². The average molecular weight is 654 g/mol. The van der Waals surface area contributed by atoms with Crippen LogP contribution in [0.3, 0.4) is 0 Å². The SMILES string of the molecule is C=CCOC(=O)Nc1cc(CO[Si](C)(C)C(C)(C)C)ccc1OC1OC(C(=O)OC)C(OC(C)=O)C(OC(C)=O)C1OC(C)=O. The first kappa shape index (κ1) is 37.2. The summed E-state index contributed by atoms with van der Waals surface area (Å²) in [6, 6.07) is 4.80. The first-order valence-corrected chi connectivity index (χ1v) is 17.0. The van der Waals surface area contributed by atoms with Gasteiger partial charge in [0.1, 0.15) is 12.4 Å². The number of hydrogen-bond acceptors (Lipinski definition) is 13. The van der Waals surface area contributed by atoms with Gasteiger partial charge in [-0.25, -0.2) is 9.59 Å². The highest BCUT2D eigenvalue weighted by Crippen LogP contribution is 2.38. The summed E-state index contributed by atoms with van der Waals surface area (Å²) in [6.45, 7) is 17.5. The van der Waals surface area contributed by atoms with Crippen molar-refractivity contribution in [2.45, 2.75) is 97.0 Å². The predicted octanol–water partition coefficient (Wildman–Crippen LogP) is 4.01. The molecule has 2 rings (SSSR count). The smallest absolute Gasteiger partial charge is 0.412 e. The zero-order valence-corrected chi connectivity index (χ0v) is 28.1. The van der Waals surface area contributed by atoms with Crippen LogP contribution in [0.15, 0.2) is 30.9 Å². The highest BCUT2D eigenvalue weighted by Gasteiger charge is 2.56. The van der Waals surface area contributed by atoms with Crippen LogP contribution in [0.1, 0.15) is 47.1 Å². The van der Waals surface area contributed by atoms with Crippen LogP contribution in [0.5, 0.6) is 5.75 Å². The molecule has 0 saturated carbocycles. The number of carbonyl (C=O) groups is 5. The number of esters is 4. The lowest BCUT2D eigenvalue weighted by Crippen LogP contribution is -2.64. The zero-order chi connectivity index (χ0) is 34.1. The van der Waals surface area contributed by atoms with E-state index in [9.17, 15) is 24.0 Å². The normalized spacial score (nSPS) is 21.5. The number of benzene rings is 1. The second-order valence-electron chi connectivity index (χ2n) is 11.7. The summed E-state index contributed by atoms with van der Waals surface area (Å²) in [6.07, 6.45) is -7.39. The maximum absolute atomic E-state index is 12.8. The highest BCUT2D eigenvalue weighted by molar-refractivity contribution is 6.74. The molecule has 1 aromatic rings. The molecular weight excluding hydrogens is 610 g/mol. The van der Waals surface area contributed by atoms with Crippen molar-refractivity contribution in [1.29, 1.82) is 0 Å². The van der Waals surface area contributed by atoms with E-state index in [1.165, 1.54) is 12.1 Å². The standard InChI is InChI=1S/C30H43NO13Si/c1-11-14-38-29(36)31-21-15-20(16-39-45(9,10)30(5,6)7)12-13-22(21)43-28-26(42-19(4)34)24(41-18(3)33)23(40-17(2)32)25(44-28)27(35)37-8/h11-13,15,23-26,28H,1,14,16H2,2-10H3,(H,31,36). The van der Waals surface area contributed by atoms with Crippen molar-refractivity contribution < 1.29 is 61.6 Å². The molecule has 14 nitrogen and oxygen atoms in total. The zero-order valence-electron chi connectivity index (χ0n) is 27.1. The van der Waals surface area contributed by atoms with Crippen LogP contribution in [0.4, 0.5) is 10.5 Å². The Morgan fingerprint density at radius 3 is 2.07 bits per heavy atom. The first-order valence-electron chi connectivity index (χ1n) is 14.1. The molecule has 15 heteroatoms. The van der Waals surface area contributed by atoms with Crippen molar-refractivity contribution in [1.82, 2.24) is 0 Å². The summed E-state index contributed by atoms with van der Waals surface area (Å²) < 4.78 is 44.2. The third-order valence-electron chi connectivity index (χ3n) is 7.10. The number of amides is 1. The topological polar surface area (TPSA) is 171 Å². The molecule has 45 heavy (non-hydrogen) atoms. The highest BCUT2D eigenvalue weighted by atomic mass is 28.4. The monoisotopic (exact) mass is 653 g/mol. The van der Waals surface area contributed by atoms with Crippen LogP contribution in [0.2, 0.25) is 18.1 Å². The Bertz CT molecular complexity index is 1260. The molecule has 0 aromatic heterocycles. The second-order valence-corrected chi connectivity index (χ2v) is 16.5. The molecule has 1 N–H and O–H groups in total. The van der Waals surface area contributed by atoms with Crippen LogP contribution in [0, 0.1) is 0 Å². The lowest BCUT2D eigenvalue weighted by atomic mass is 9.97. The maximum Gasteiger partial charge on any atom is 0.412 e. The summed E-state index contributed by atoms with van der Waals surface area (Å²) >= 11 is 0. The number of carbonyl (C=O) groups excluding carboxylic acids is 5. The fourth-order valence-corrected chi connectivity index (χ4v) is 4.89. The van der Waals surface area contributed by atoms with Gasteiger partial charge in [-0.05, 0) is 35.8 Å². The fourth-order valence-electron chi connectivity index (χ4n) is 3.93. The number of rotatable bonds is 12. The van der Waals surface area contributed by atoms with Gasteiger partial charge in [-0.15, -0.1) is 0 Å². The van der Waals surface area contributed by atoms with Gasteiger partial charge in [0.15, 0.2) is 26.6 Å². The number of hydrogen-bond donors (Lipinski definition) is 1. The molecule has 1 fully saturated rings. The Morgan fingerprint density at radius 2 is 1.53 bits per heavy atom. The Morgan fingerprint density at radius 1 is 0.956 bits per heavy atom. The Labute approximate surface area is 263 Å². The van der Waals surface area contributed by atoms with Crippen LogP contribution in [-0.4, -0.2) is 82.7 Å². The number of nitrogens with one attached hydrogen (secondary N) is 1. The predicted molar refractivity (Wildman–Crippen MR) is 162 cm³/mol. The van der Waals surface area contributed by atoms with Gasteiger partial charge in [0.2, 0.25) is 12.4 Å². The molecule has 0 aliphatic carbocycles. The van der Waals surface area contributed by atoms with Gasteiger partial charge in [-0.2, -0.15) is 0 Å². The van der Waals surface area contributed by atoms with Crippen LogP contribution < -0.4 is 10.1 Å². The molecule has 1 saturated heterocycles. The Balaban J connectivity index is 2.58. The Hall–Kier alpha value is -3.95. The number of anilines is 1. The van der Waals surface area contributed by atoms with Gasteiger partial charge >= 0.3 is 30.0 Å². The molecule has 1 aromatic carbocycles. The van der Waals surface area contributed by atoms with E-state index < -0.39 is 69.0 Å². The first-order chi connectivity index (χ1) is 20.9. The molecule has 1 amide bonds. The van der Waals surface area contributed by atoms with E-state index in [4.69, 9.17) is 37.6 Å². The van der Waals surface area contributed by atoms with Gasteiger partial charge in [0, 0.05) is 20.8 Å². The molecule has 0 radical (unpaired) electrons. The van der Waals surface area contributed by atoms with E-state index in [0.29, 0.717) is 5.56 Å². The minimum Gasteiger partial charge on any atom is -0.467 e. The fraction of sp³-hybridized carbons (Fsp3) is 0.567. The third kappa shape index (κ3) is 10.6. The van der Waals surface area contributed by atoms with Crippen molar-refractivity contribution in [3.63, 3.8) is 0 Å². The van der Waals surface area contributed by atoms with Crippen molar-refractivity contribution in [2.75, 3.05) is 19.0 Å². The summed E-state index contributed by atoms with van der Waals surface area (Å²) in [5.41, 5.74) is 0.804. The minimum atomic E-state index is -2.13. The molecule has 1 heterocycles. The van der Waals surface area contributed by atoms with Gasteiger partial charge in [0.05, 0.1) is 19.4 Å². The molecule has 5 unspecified atom stereocenters. The van der Waals surface area contributed by atoms with Crippen LogP contribution in [-0.2, 0) is 58.6 Å². The molecule has 1 aliphatic heterocycles. The summed E-state index contributed by atoms with van der Waals surface area (Å²) in [5.74, 6) is -3.48. The van der Waals surface area contributed by atoms with Crippen LogP contribution in [0.25, 0.3) is 0 Å². The van der Waals surface area contributed by atoms with Crippen LogP contribution >= 0.6 is 0 Å². The Kier molecular flexibility index (Phi) is 13.1. The molecule has 0 spiro atoms. The van der Waals surface area contributed by atoms with Crippen molar-refractivity contribution in [3.05, 3.63) is 36.4 Å². The molecule has 0 bridgehead atoms. The minimum absolute atomic E-state index is 0.0000845. The summed E-state index contributed by atoms with van der Waals surface area (Å²) in [5, 5.41) is 2.55. The average Bonchev–Trinajstić information content (AvgIpc) is 2.93. The summed E-state index contributed by atoms with van der Waals surface area (Å²) in [7, 11) is -1.06. The molecular formula is C30H43NO13Si. The molecule has 250 valence electrons. The lowest BCUT2D eigenvalue weighted by molar-refractivity contribution is -0.282. The molecule has 5 atom stereocenters. The van der Waals surface area contributed by atoms with Crippen molar-refractivity contribution in [3.8, 4) is 5.75 Å². The van der Waals surface area contributed by atoms with Crippen molar-refractivity contribution >= 4 is 44.0 Å². The second kappa shape index (κ2) is 15.9. The van der Waals surface area contributed by atoms with E-state index >= 15 is 0 Å². The van der Waals surface area contributed by atoms with Crippen molar-refractivity contribution in [2.24, 2.45) is 0 Å². The number of methoxy groups -OCH3 is 1. The van der Waals surface area contributed by atoms with E-state index in [1.54, 1.807) is 12.1 Å². The number of ether oxygens (including phenoxy) is 7. The summed E-state index contributed by atoms with van der Waals surface area (Å²) in [4.78, 5) is 61.5. The quantitative estimate of drug-likeness (QED) is 0.149.